The number of anilines is 1. The highest BCUT2D eigenvalue weighted by Crippen LogP contribution is 2.35. The molecule has 0 aliphatic carbocycles. The molecule has 0 radical (unpaired) electrons. The fourth-order valence-electron chi connectivity index (χ4n) is 3.15. The fraction of sp³-hybridized carbons (Fsp3) is 0.211. The summed E-state index contributed by atoms with van der Waals surface area (Å²) in [5.41, 5.74) is 9.05. The van der Waals surface area contributed by atoms with E-state index in [1.807, 2.05) is 25.1 Å². The Labute approximate surface area is 154 Å². The highest BCUT2D eigenvalue weighted by Gasteiger charge is 2.34. The third-order valence-corrected chi connectivity index (χ3v) is 4.89. The standard InChI is InChI=1S/C19H16ClN3O3/c1-10-2-5-16-15(6-10)22-19(26-16)13-8-12(3-4-14(13)20)23-9-11(18(21)25)7-17(23)24/h2-6,8,11H,7,9H2,1H3,(H2,21,25). The minimum atomic E-state index is -0.478. The minimum Gasteiger partial charge on any atom is -0.436 e. The Morgan fingerprint density at radius 3 is 2.85 bits per heavy atom. The van der Waals surface area contributed by atoms with Crippen LogP contribution in [0.2, 0.25) is 5.02 Å². The van der Waals surface area contributed by atoms with Crippen LogP contribution in [0.1, 0.15) is 12.0 Å². The lowest BCUT2D eigenvalue weighted by atomic mass is 10.1. The van der Waals surface area contributed by atoms with Gasteiger partial charge in [0.1, 0.15) is 5.52 Å². The molecule has 26 heavy (non-hydrogen) atoms. The van der Waals surface area contributed by atoms with Crippen molar-refractivity contribution in [3.63, 3.8) is 0 Å². The van der Waals surface area contributed by atoms with Crippen LogP contribution in [0.5, 0.6) is 0 Å². The van der Waals surface area contributed by atoms with Crippen LogP contribution in [0.4, 0.5) is 5.69 Å². The van der Waals surface area contributed by atoms with E-state index < -0.39 is 11.8 Å². The van der Waals surface area contributed by atoms with Crippen molar-refractivity contribution >= 4 is 40.2 Å². The van der Waals surface area contributed by atoms with E-state index in [1.54, 1.807) is 23.1 Å². The number of halogens is 1. The molecule has 6 nitrogen and oxygen atoms in total. The number of aromatic nitrogens is 1. The van der Waals surface area contributed by atoms with E-state index in [0.717, 1.165) is 11.1 Å². The molecular weight excluding hydrogens is 354 g/mol. The average molecular weight is 370 g/mol. The van der Waals surface area contributed by atoms with Crippen molar-refractivity contribution in [2.24, 2.45) is 11.7 Å². The zero-order valence-electron chi connectivity index (χ0n) is 14.0. The number of aryl methyl sites for hydroxylation is 1. The number of carbonyl (C=O) groups excluding carboxylic acids is 2. The molecule has 0 saturated carbocycles. The maximum absolute atomic E-state index is 12.2. The molecule has 0 bridgehead atoms. The van der Waals surface area contributed by atoms with Gasteiger partial charge in [-0.2, -0.15) is 0 Å². The van der Waals surface area contributed by atoms with Crippen molar-refractivity contribution < 1.29 is 14.0 Å². The van der Waals surface area contributed by atoms with Crippen molar-refractivity contribution in [1.29, 1.82) is 0 Å². The Morgan fingerprint density at radius 2 is 2.12 bits per heavy atom. The van der Waals surface area contributed by atoms with Crippen LogP contribution in [-0.4, -0.2) is 23.3 Å². The fourth-order valence-corrected chi connectivity index (χ4v) is 3.34. The van der Waals surface area contributed by atoms with Gasteiger partial charge in [0.15, 0.2) is 5.58 Å². The van der Waals surface area contributed by atoms with Gasteiger partial charge < -0.3 is 15.1 Å². The van der Waals surface area contributed by atoms with Gasteiger partial charge in [-0.05, 0) is 42.8 Å². The van der Waals surface area contributed by atoms with Gasteiger partial charge in [-0.25, -0.2) is 4.98 Å². The number of hydrogen-bond donors (Lipinski definition) is 1. The van der Waals surface area contributed by atoms with Gasteiger partial charge >= 0.3 is 0 Å². The van der Waals surface area contributed by atoms with Crippen molar-refractivity contribution in [3.05, 3.63) is 47.0 Å². The molecule has 0 spiro atoms. The van der Waals surface area contributed by atoms with Gasteiger partial charge in [0.05, 0.1) is 16.5 Å². The molecule has 4 rings (SSSR count). The molecule has 2 amide bonds. The first-order valence-corrected chi connectivity index (χ1v) is 8.57. The molecule has 3 aromatic rings. The topological polar surface area (TPSA) is 89.4 Å². The van der Waals surface area contributed by atoms with Crippen LogP contribution in [0.3, 0.4) is 0 Å². The molecule has 1 fully saturated rings. The van der Waals surface area contributed by atoms with Crippen LogP contribution in [0.25, 0.3) is 22.6 Å². The number of nitrogens with zero attached hydrogens (tertiary/aromatic N) is 2. The van der Waals surface area contributed by atoms with Crippen LogP contribution in [0, 0.1) is 12.8 Å². The van der Waals surface area contributed by atoms with Gasteiger partial charge in [-0.3, -0.25) is 9.59 Å². The van der Waals surface area contributed by atoms with Gasteiger partial charge in [0.2, 0.25) is 17.7 Å². The second kappa shape index (κ2) is 6.14. The summed E-state index contributed by atoms with van der Waals surface area (Å²) >= 11 is 6.33. The number of fused-ring (bicyclic) bond motifs is 1. The SMILES string of the molecule is Cc1ccc2oc(-c3cc(N4CC(C(N)=O)CC4=O)ccc3Cl)nc2c1. The van der Waals surface area contributed by atoms with E-state index in [4.69, 9.17) is 21.8 Å². The zero-order valence-corrected chi connectivity index (χ0v) is 14.8. The Balaban J connectivity index is 1.74. The smallest absolute Gasteiger partial charge is 0.228 e. The molecule has 1 atom stereocenters. The first kappa shape index (κ1) is 16.6. The quantitative estimate of drug-likeness (QED) is 0.767. The highest BCUT2D eigenvalue weighted by atomic mass is 35.5. The summed E-state index contributed by atoms with van der Waals surface area (Å²) in [6.07, 6.45) is 0.120. The number of oxazole rings is 1. The summed E-state index contributed by atoms with van der Waals surface area (Å²) in [4.78, 5) is 29.7. The van der Waals surface area contributed by atoms with E-state index >= 15 is 0 Å². The second-order valence-electron chi connectivity index (χ2n) is 6.46. The van der Waals surface area contributed by atoms with Crippen molar-refractivity contribution in [1.82, 2.24) is 4.98 Å². The van der Waals surface area contributed by atoms with Gasteiger partial charge in [-0.15, -0.1) is 0 Å². The molecule has 1 unspecified atom stereocenters. The van der Waals surface area contributed by atoms with E-state index in [-0.39, 0.29) is 18.9 Å². The van der Waals surface area contributed by atoms with E-state index in [1.165, 1.54) is 0 Å². The number of nitrogens with two attached hydrogens (primary N) is 1. The van der Waals surface area contributed by atoms with Gasteiger partial charge in [0, 0.05) is 18.7 Å². The van der Waals surface area contributed by atoms with Crippen LogP contribution >= 0.6 is 11.6 Å². The molecule has 2 aromatic carbocycles. The van der Waals surface area contributed by atoms with Crippen LogP contribution in [-0.2, 0) is 9.59 Å². The molecule has 132 valence electrons. The summed E-state index contributed by atoms with van der Waals surface area (Å²) in [6, 6.07) is 10.9. The Bertz CT molecular complexity index is 1040. The van der Waals surface area contributed by atoms with Crippen LogP contribution in [0.15, 0.2) is 40.8 Å². The van der Waals surface area contributed by atoms with E-state index in [2.05, 4.69) is 4.98 Å². The molecule has 1 aliphatic heterocycles. The molecule has 2 N–H and O–H groups in total. The lowest BCUT2D eigenvalue weighted by molar-refractivity contribution is -0.123. The van der Waals surface area contributed by atoms with Gasteiger partial charge in [0.25, 0.3) is 0 Å². The first-order valence-electron chi connectivity index (χ1n) is 8.19. The number of amides is 2. The monoisotopic (exact) mass is 369 g/mol. The lowest BCUT2D eigenvalue weighted by Crippen LogP contribution is -2.28. The van der Waals surface area contributed by atoms with E-state index in [0.29, 0.717) is 27.7 Å². The van der Waals surface area contributed by atoms with Crippen molar-refractivity contribution in [2.75, 3.05) is 11.4 Å². The molecular formula is C19H16ClN3O3. The first-order chi connectivity index (χ1) is 12.4. The molecule has 1 aromatic heterocycles. The number of benzene rings is 2. The molecule has 1 aliphatic rings. The summed E-state index contributed by atoms with van der Waals surface area (Å²) in [6.45, 7) is 2.25. The third-order valence-electron chi connectivity index (χ3n) is 4.56. The Kier molecular flexibility index (Phi) is 3.92. The highest BCUT2D eigenvalue weighted by molar-refractivity contribution is 6.33. The number of primary amides is 1. The Morgan fingerprint density at radius 1 is 1.31 bits per heavy atom. The number of rotatable bonds is 3. The summed E-state index contributed by atoms with van der Waals surface area (Å²) < 4.78 is 5.82. The maximum atomic E-state index is 12.2. The van der Waals surface area contributed by atoms with Crippen molar-refractivity contribution in [2.45, 2.75) is 13.3 Å². The molecule has 7 heteroatoms. The molecule has 1 saturated heterocycles. The summed E-state index contributed by atoms with van der Waals surface area (Å²) in [5, 5.41) is 0.468. The molecule has 2 heterocycles. The number of hydrogen-bond acceptors (Lipinski definition) is 4. The van der Waals surface area contributed by atoms with E-state index in [9.17, 15) is 9.59 Å². The Hall–Kier alpha value is -2.86. The van der Waals surface area contributed by atoms with Gasteiger partial charge in [-0.1, -0.05) is 17.7 Å². The predicted molar refractivity (Wildman–Crippen MR) is 98.8 cm³/mol. The predicted octanol–water partition coefficient (Wildman–Crippen LogP) is 3.29. The normalized spacial score (nSPS) is 17.2. The largest absolute Gasteiger partial charge is 0.436 e. The van der Waals surface area contributed by atoms with Crippen molar-refractivity contribution in [3.8, 4) is 11.5 Å². The summed E-state index contributed by atoms with van der Waals surface area (Å²) in [5.74, 6) is -0.705. The summed E-state index contributed by atoms with van der Waals surface area (Å²) in [7, 11) is 0. The third kappa shape index (κ3) is 2.82. The minimum absolute atomic E-state index is 0.120. The maximum Gasteiger partial charge on any atom is 0.228 e. The number of carbonyl (C=O) groups is 2. The average Bonchev–Trinajstić information content (AvgIpc) is 3.18. The van der Waals surface area contributed by atoms with Crippen LogP contribution < -0.4 is 10.6 Å². The second-order valence-corrected chi connectivity index (χ2v) is 6.87. The lowest BCUT2D eigenvalue weighted by Gasteiger charge is -2.17. The zero-order chi connectivity index (χ0) is 18.4.